The van der Waals surface area contributed by atoms with Crippen LogP contribution in [0.2, 0.25) is 0 Å². The zero-order valence-corrected chi connectivity index (χ0v) is 13.9. The van der Waals surface area contributed by atoms with Crippen LogP contribution >= 0.6 is 31.9 Å². The number of halogens is 4. The highest BCUT2D eigenvalue weighted by molar-refractivity contribution is 9.11. The Morgan fingerprint density at radius 2 is 1.70 bits per heavy atom. The van der Waals surface area contributed by atoms with Gasteiger partial charge in [-0.05, 0) is 41.9 Å². The van der Waals surface area contributed by atoms with Gasteiger partial charge in [-0.15, -0.1) is 0 Å². The summed E-state index contributed by atoms with van der Waals surface area (Å²) in [7, 11) is 0. The zero-order chi connectivity index (χ0) is 14.7. The summed E-state index contributed by atoms with van der Waals surface area (Å²) in [5.41, 5.74) is 1.49. The first-order chi connectivity index (χ1) is 9.51. The van der Waals surface area contributed by atoms with Gasteiger partial charge in [0.1, 0.15) is 11.6 Å². The Kier molecular flexibility index (Phi) is 5.29. The van der Waals surface area contributed by atoms with E-state index in [2.05, 4.69) is 37.2 Å². The molecule has 0 aliphatic carbocycles. The van der Waals surface area contributed by atoms with Crippen LogP contribution in [-0.2, 0) is 0 Å². The molecule has 1 nitrogen and oxygen atoms in total. The van der Waals surface area contributed by atoms with Crippen molar-refractivity contribution in [1.82, 2.24) is 5.32 Å². The summed E-state index contributed by atoms with van der Waals surface area (Å²) in [4.78, 5) is 0. The standard InChI is InChI=1S/C15H13Br2F2N/c1-2-20-15(9-5-11(18)8-12(19)6-9)13-4-3-10(16)7-14(13)17/h3-8,15,20H,2H2,1H3. The lowest BCUT2D eigenvalue weighted by molar-refractivity contribution is 0.565. The third-order valence-electron chi connectivity index (χ3n) is 2.90. The van der Waals surface area contributed by atoms with Crippen LogP contribution in [0.4, 0.5) is 8.78 Å². The van der Waals surface area contributed by atoms with Crippen molar-refractivity contribution in [3.05, 3.63) is 68.1 Å². The predicted molar refractivity (Wildman–Crippen MR) is 83.7 cm³/mol. The Morgan fingerprint density at radius 3 is 2.25 bits per heavy atom. The van der Waals surface area contributed by atoms with Crippen molar-refractivity contribution in [1.29, 1.82) is 0 Å². The molecule has 0 aliphatic heterocycles. The normalized spacial score (nSPS) is 12.4. The first-order valence-corrected chi connectivity index (χ1v) is 7.74. The van der Waals surface area contributed by atoms with E-state index in [9.17, 15) is 8.78 Å². The highest BCUT2D eigenvalue weighted by Crippen LogP contribution is 2.31. The SMILES string of the molecule is CCNC(c1cc(F)cc(F)c1)c1ccc(Br)cc1Br. The minimum atomic E-state index is -0.573. The Morgan fingerprint density at radius 1 is 1.05 bits per heavy atom. The molecule has 0 aliphatic rings. The summed E-state index contributed by atoms with van der Waals surface area (Å²) < 4.78 is 28.7. The van der Waals surface area contributed by atoms with Crippen LogP contribution in [0.3, 0.4) is 0 Å². The fourth-order valence-corrected chi connectivity index (χ4v) is 3.36. The minimum absolute atomic E-state index is 0.271. The molecule has 0 bridgehead atoms. The largest absolute Gasteiger partial charge is 0.306 e. The van der Waals surface area contributed by atoms with E-state index in [4.69, 9.17) is 0 Å². The Bertz CT molecular complexity index is 597. The quantitative estimate of drug-likeness (QED) is 0.739. The number of rotatable bonds is 4. The van der Waals surface area contributed by atoms with Crippen molar-refractivity contribution in [3.8, 4) is 0 Å². The van der Waals surface area contributed by atoms with E-state index in [1.54, 1.807) is 0 Å². The van der Waals surface area contributed by atoms with Gasteiger partial charge in [0.05, 0.1) is 6.04 Å². The lowest BCUT2D eigenvalue weighted by atomic mass is 9.98. The molecule has 20 heavy (non-hydrogen) atoms. The number of benzene rings is 2. The van der Waals surface area contributed by atoms with Gasteiger partial charge in [0, 0.05) is 15.0 Å². The molecule has 0 spiro atoms. The summed E-state index contributed by atoms with van der Waals surface area (Å²) in [6.45, 7) is 2.64. The third-order valence-corrected chi connectivity index (χ3v) is 4.08. The second-order valence-electron chi connectivity index (χ2n) is 4.36. The van der Waals surface area contributed by atoms with E-state index in [1.165, 1.54) is 12.1 Å². The van der Waals surface area contributed by atoms with E-state index < -0.39 is 11.6 Å². The highest BCUT2D eigenvalue weighted by atomic mass is 79.9. The second kappa shape index (κ2) is 6.78. The Balaban J connectivity index is 2.49. The van der Waals surface area contributed by atoms with Gasteiger partial charge >= 0.3 is 0 Å². The fraction of sp³-hybridized carbons (Fsp3) is 0.200. The van der Waals surface area contributed by atoms with Gasteiger partial charge in [-0.1, -0.05) is 44.8 Å². The van der Waals surface area contributed by atoms with Crippen LogP contribution in [0.5, 0.6) is 0 Å². The van der Waals surface area contributed by atoms with Crippen molar-refractivity contribution in [3.63, 3.8) is 0 Å². The molecule has 0 aromatic heterocycles. The third kappa shape index (κ3) is 3.65. The molecule has 0 radical (unpaired) electrons. The average molecular weight is 405 g/mol. The van der Waals surface area contributed by atoms with Crippen LogP contribution in [0.1, 0.15) is 24.1 Å². The Hall–Kier alpha value is -0.780. The smallest absolute Gasteiger partial charge is 0.126 e. The molecular formula is C15H13Br2F2N. The van der Waals surface area contributed by atoms with Crippen molar-refractivity contribution in [2.24, 2.45) is 0 Å². The van der Waals surface area contributed by atoms with Gasteiger partial charge in [0.25, 0.3) is 0 Å². The number of hydrogen-bond acceptors (Lipinski definition) is 1. The molecule has 0 heterocycles. The molecule has 106 valence electrons. The first kappa shape index (κ1) is 15.6. The molecule has 0 saturated carbocycles. The predicted octanol–water partition coefficient (Wildman–Crippen LogP) is 5.19. The number of hydrogen-bond donors (Lipinski definition) is 1. The monoisotopic (exact) mass is 403 g/mol. The van der Waals surface area contributed by atoms with Gasteiger partial charge in [-0.25, -0.2) is 8.78 Å². The molecule has 0 fully saturated rings. The van der Waals surface area contributed by atoms with E-state index in [-0.39, 0.29) is 6.04 Å². The van der Waals surface area contributed by atoms with Crippen LogP contribution in [0, 0.1) is 11.6 Å². The summed E-state index contributed by atoms with van der Waals surface area (Å²) in [5, 5.41) is 3.25. The van der Waals surface area contributed by atoms with Crippen molar-refractivity contribution >= 4 is 31.9 Å². The zero-order valence-electron chi connectivity index (χ0n) is 10.8. The molecule has 2 aromatic carbocycles. The maximum atomic E-state index is 13.4. The van der Waals surface area contributed by atoms with Crippen molar-refractivity contribution in [2.45, 2.75) is 13.0 Å². The topological polar surface area (TPSA) is 12.0 Å². The van der Waals surface area contributed by atoms with Crippen LogP contribution in [0.25, 0.3) is 0 Å². The van der Waals surface area contributed by atoms with Crippen molar-refractivity contribution < 1.29 is 8.78 Å². The molecule has 5 heteroatoms. The number of nitrogens with one attached hydrogen (secondary N) is 1. The first-order valence-electron chi connectivity index (χ1n) is 6.15. The average Bonchev–Trinajstić information content (AvgIpc) is 2.35. The van der Waals surface area contributed by atoms with E-state index >= 15 is 0 Å². The summed E-state index contributed by atoms with van der Waals surface area (Å²) in [5.74, 6) is -1.15. The van der Waals surface area contributed by atoms with E-state index in [1.807, 2.05) is 25.1 Å². The van der Waals surface area contributed by atoms with Crippen LogP contribution < -0.4 is 5.32 Å². The van der Waals surface area contributed by atoms with E-state index in [0.29, 0.717) is 12.1 Å². The van der Waals surface area contributed by atoms with Gasteiger partial charge in [-0.2, -0.15) is 0 Å². The lowest BCUT2D eigenvalue weighted by Gasteiger charge is -2.20. The van der Waals surface area contributed by atoms with Gasteiger partial charge in [0.2, 0.25) is 0 Å². The summed E-state index contributed by atoms with van der Waals surface area (Å²) in [6.07, 6.45) is 0. The molecule has 1 atom stereocenters. The summed E-state index contributed by atoms with van der Waals surface area (Å²) in [6, 6.07) is 9.05. The van der Waals surface area contributed by atoms with Gasteiger partial charge in [0.15, 0.2) is 0 Å². The lowest BCUT2D eigenvalue weighted by Crippen LogP contribution is -2.22. The molecule has 1 unspecified atom stereocenters. The van der Waals surface area contributed by atoms with Gasteiger partial charge in [-0.3, -0.25) is 0 Å². The molecule has 0 amide bonds. The van der Waals surface area contributed by atoms with Gasteiger partial charge < -0.3 is 5.32 Å². The maximum absolute atomic E-state index is 13.4. The highest BCUT2D eigenvalue weighted by Gasteiger charge is 2.17. The maximum Gasteiger partial charge on any atom is 0.126 e. The Labute approximate surface area is 133 Å². The molecule has 2 aromatic rings. The molecule has 1 N–H and O–H groups in total. The summed E-state index contributed by atoms with van der Waals surface area (Å²) >= 11 is 6.89. The molecule has 2 rings (SSSR count). The molecular weight excluding hydrogens is 392 g/mol. The van der Waals surface area contributed by atoms with Crippen molar-refractivity contribution in [2.75, 3.05) is 6.54 Å². The van der Waals surface area contributed by atoms with Crippen LogP contribution in [0.15, 0.2) is 45.3 Å². The second-order valence-corrected chi connectivity index (χ2v) is 6.13. The molecule has 0 saturated heterocycles. The van der Waals surface area contributed by atoms with E-state index in [0.717, 1.165) is 20.6 Å². The minimum Gasteiger partial charge on any atom is -0.306 e. The van der Waals surface area contributed by atoms with Crippen LogP contribution in [-0.4, -0.2) is 6.54 Å². The fourth-order valence-electron chi connectivity index (χ4n) is 2.09.